The molecule has 0 amide bonds. The standard InChI is InChI=1S/C21H23ClF3NO4/c1-3-30-20(21(23,24)25)17-9-4-13(14(12-29-2)11-19(27)28)10-18(17)26-16-7-5-15(22)6-8-16/h4-10,14,20,26H,3,11-12H2,1-2H3,(H,27,28)/t14?,20-/m0/s1. The van der Waals surface area contributed by atoms with Crippen molar-refractivity contribution < 1.29 is 32.5 Å². The Morgan fingerprint density at radius 3 is 2.40 bits per heavy atom. The van der Waals surface area contributed by atoms with Gasteiger partial charge in [0.2, 0.25) is 0 Å². The first-order valence-corrected chi connectivity index (χ1v) is 9.59. The van der Waals surface area contributed by atoms with Gasteiger partial charge < -0.3 is 19.9 Å². The number of aliphatic carboxylic acids is 1. The molecule has 0 aromatic heterocycles. The summed E-state index contributed by atoms with van der Waals surface area (Å²) < 4.78 is 51.0. The number of ether oxygens (including phenoxy) is 2. The zero-order valence-corrected chi connectivity index (χ0v) is 17.3. The first-order valence-electron chi connectivity index (χ1n) is 9.21. The molecule has 0 spiro atoms. The van der Waals surface area contributed by atoms with Gasteiger partial charge in [0, 0.05) is 41.6 Å². The van der Waals surface area contributed by atoms with E-state index < -0.39 is 24.2 Å². The van der Waals surface area contributed by atoms with Crippen molar-refractivity contribution >= 4 is 28.9 Å². The molecule has 2 aromatic rings. The van der Waals surface area contributed by atoms with Crippen LogP contribution in [0.2, 0.25) is 5.02 Å². The number of benzene rings is 2. The smallest absolute Gasteiger partial charge is 0.418 e. The fourth-order valence-corrected chi connectivity index (χ4v) is 3.19. The highest BCUT2D eigenvalue weighted by atomic mass is 35.5. The molecule has 2 N–H and O–H groups in total. The second-order valence-electron chi connectivity index (χ2n) is 6.61. The molecule has 1 unspecified atom stereocenters. The predicted molar refractivity (Wildman–Crippen MR) is 108 cm³/mol. The Morgan fingerprint density at radius 2 is 1.87 bits per heavy atom. The summed E-state index contributed by atoms with van der Waals surface area (Å²) in [6.07, 6.45) is -6.98. The quantitative estimate of drug-likeness (QED) is 0.474. The minimum Gasteiger partial charge on any atom is -0.481 e. The number of alkyl halides is 3. The van der Waals surface area contributed by atoms with Gasteiger partial charge in [0.15, 0.2) is 6.10 Å². The molecule has 0 saturated carbocycles. The monoisotopic (exact) mass is 445 g/mol. The van der Waals surface area contributed by atoms with E-state index in [1.54, 1.807) is 24.3 Å². The van der Waals surface area contributed by atoms with Crippen molar-refractivity contribution in [3.05, 3.63) is 58.6 Å². The summed E-state index contributed by atoms with van der Waals surface area (Å²) in [5, 5.41) is 12.6. The Kier molecular flexibility index (Phi) is 8.52. The fourth-order valence-electron chi connectivity index (χ4n) is 3.07. The summed E-state index contributed by atoms with van der Waals surface area (Å²) >= 11 is 5.88. The molecular formula is C21H23ClF3NO4. The van der Waals surface area contributed by atoms with Crippen LogP contribution in [0.15, 0.2) is 42.5 Å². The zero-order chi connectivity index (χ0) is 22.3. The molecule has 0 fully saturated rings. The van der Waals surface area contributed by atoms with Gasteiger partial charge in [0.05, 0.1) is 13.0 Å². The first-order chi connectivity index (χ1) is 14.2. The highest BCUT2D eigenvalue weighted by molar-refractivity contribution is 6.30. The van der Waals surface area contributed by atoms with Crippen molar-refractivity contribution in [1.82, 2.24) is 0 Å². The van der Waals surface area contributed by atoms with Crippen LogP contribution in [0.5, 0.6) is 0 Å². The number of methoxy groups -OCH3 is 1. The fraction of sp³-hybridized carbons (Fsp3) is 0.381. The van der Waals surface area contributed by atoms with Gasteiger partial charge in [-0.15, -0.1) is 0 Å². The van der Waals surface area contributed by atoms with E-state index >= 15 is 0 Å². The van der Waals surface area contributed by atoms with Gasteiger partial charge in [-0.05, 0) is 42.8 Å². The van der Waals surface area contributed by atoms with Crippen LogP contribution in [0.4, 0.5) is 24.5 Å². The van der Waals surface area contributed by atoms with E-state index in [2.05, 4.69) is 5.32 Å². The topological polar surface area (TPSA) is 67.8 Å². The summed E-state index contributed by atoms with van der Waals surface area (Å²) in [7, 11) is 1.44. The molecule has 2 aromatic carbocycles. The van der Waals surface area contributed by atoms with E-state index in [4.69, 9.17) is 26.2 Å². The maximum atomic E-state index is 13.6. The molecular weight excluding hydrogens is 423 g/mol. The van der Waals surface area contributed by atoms with Crippen LogP contribution < -0.4 is 5.32 Å². The van der Waals surface area contributed by atoms with E-state index in [0.717, 1.165) is 0 Å². The lowest BCUT2D eigenvalue weighted by atomic mass is 9.93. The molecule has 0 radical (unpaired) electrons. The third kappa shape index (κ3) is 6.62. The molecule has 0 heterocycles. The van der Waals surface area contributed by atoms with E-state index in [1.807, 2.05) is 0 Å². The lowest BCUT2D eigenvalue weighted by Crippen LogP contribution is -2.24. The van der Waals surface area contributed by atoms with Crippen molar-refractivity contribution in [3.8, 4) is 0 Å². The number of carbonyl (C=O) groups is 1. The van der Waals surface area contributed by atoms with Crippen molar-refractivity contribution in [3.63, 3.8) is 0 Å². The summed E-state index contributed by atoms with van der Waals surface area (Å²) in [6.45, 7) is 1.47. The van der Waals surface area contributed by atoms with Gasteiger partial charge in [-0.25, -0.2) is 0 Å². The summed E-state index contributed by atoms with van der Waals surface area (Å²) in [5.41, 5.74) is 1.13. The second-order valence-corrected chi connectivity index (χ2v) is 7.04. The van der Waals surface area contributed by atoms with Crippen molar-refractivity contribution in [1.29, 1.82) is 0 Å². The van der Waals surface area contributed by atoms with Crippen LogP contribution in [0.25, 0.3) is 0 Å². The minimum atomic E-state index is -4.62. The largest absolute Gasteiger partial charge is 0.481 e. The number of nitrogens with one attached hydrogen (secondary N) is 1. The van der Waals surface area contributed by atoms with Gasteiger partial charge >= 0.3 is 12.1 Å². The molecule has 0 aliphatic heterocycles. The lowest BCUT2D eigenvalue weighted by molar-refractivity contribution is -0.222. The van der Waals surface area contributed by atoms with Crippen LogP contribution in [0, 0.1) is 0 Å². The van der Waals surface area contributed by atoms with Gasteiger partial charge in [-0.3, -0.25) is 4.79 Å². The number of hydrogen-bond donors (Lipinski definition) is 2. The molecule has 0 saturated heterocycles. The predicted octanol–water partition coefficient (Wildman–Crippen LogP) is 5.93. The molecule has 30 heavy (non-hydrogen) atoms. The molecule has 164 valence electrons. The number of carboxylic acids is 1. The Morgan fingerprint density at radius 1 is 1.20 bits per heavy atom. The lowest BCUT2D eigenvalue weighted by Gasteiger charge is -2.25. The number of hydrogen-bond acceptors (Lipinski definition) is 4. The third-order valence-electron chi connectivity index (χ3n) is 4.37. The summed E-state index contributed by atoms with van der Waals surface area (Å²) in [4.78, 5) is 11.2. The van der Waals surface area contributed by atoms with Gasteiger partial charge in [0.1, 0.15) is 0 Å². The number of rotatable bonds is 10. The molecule has 5 nitrogen and oxygen atoms in total. The zero-order valence-electron chi connectivity index (χ0n) is 16.5. The highest BCUT2D eigenvalue weighted by Crippen LogP contribution is 2.41. The molecule has 2 atom stereocenters. The van der Waals surface area contributed by atoms with Crippen LogP contribution in [-0.4, -0.2) is 37.6 Å². The third-order valence-corrected chi connectivity index (χ3v) is 4.63. The normalized spacial score (nSPS) is 13.7. The van der Waals surface area contributed by atoms with Gasteiger partial charge in [-0.2, -0.15) is 13.2 Å². The molecule has 0 bridgehead atoms. The average Bonchev–Trinajstić information content (AvgIpc) is 2.67. The summed E-state index contributed by atoms with van der Waals surface area (Å²) in [5.74, 6) is -1.56. The Balaban J connectivity index is 2.54. The van der Waals surface area contributed by atoms with Crippen LogP contribution >= 0.6 is 11.6 Å². The first kappa shape index (κ1) is 24.0. The SMILES string of the molecule is CCO[C@@H](c1ccc(C(COC)CC(=O)O)cc1Nc1ccc(Cl)cc1)C(F)(F)F. The number of anilines is 2. The number of carboxylic acid groups (broad SMARTS) is 1. The minimum absolute atomic E-state index is 0.102. The Bertz CT molecular complexity index is 843. The van der Waals surface area contributed by atoms with Crippen LogP contribution in [-0.2, 0) is 14.3 Å². The van der Waals surface area contributed by atoms with Crippen LogP contribution in [0.3, 0.4) is 0 Å². The molecule has 0 aliphatic carbocycles. The molecule has 0 aliphatic rings. The van der Waals surface area contributed by atoms with Crippen molar-refractivity contribution in [2.24, 2.45) is 0 Å². The second kappa shape index (κ2) is 10.7. The van der Waals surface area contributed by atoms with Crippen molar-refractivity contribution in [2.75, 3.05) is 25.6 Å². The molecule has 2 rings (SSSR count). The number of halogens is 4. The molecule has 9 heteroatoms. The van der Waals surface area contributed by atoms with E-state index in [9.17, 15) is 18.0 Å². The maximum Gasteiger partial charge on any atom is 0.418 e. The Hall–Kier alpha value is -2.29. The highest BCUT2D eigenvalue weighted by Gasteiger charge is 2.43. The van der Waals surface area contributed by atoms with E-state index in [1.165, 1.54) is 32.2 Å². The van der Waals surface area contributed by atoms with Crippen LogP contribution in [0.1, 0.15) is 36.5 Å². The summed E-state index contributed by atoms with van der Waals surface area (Å²) in [6, 6.07) is 10.8. The van der Waals surface area contributed by atoms with Crippen molar-refractivity contribution in [2.45, 2.75) is 31.5 Å². The average molecular weight is 446 g/mol. The van der Waals surface area contributed by atoms with E-state index in [-0.39, 0.29) is 30.9 Å². The maximum absolute atomic E-state index is 13.6. The Labute approximate surface area is 177 Å². The van der Waals surface area contributed by atoms with Gasteiger partial charge in [0.25, 0.3) is 0 Å². The van der Waals surface area contributed by atoms with Gasteiger partial charge in [-0.1, -0.05) is 23.7 Å². The van der Waals surface area contributed by atoms with E-state index in [0.29, 0.717) is 16.3 Å².